The van der Waals surface area contributed by atoms with Crippen LogP contribution < -0.4 is 0 Å². The lowest BCUT2D eigenvalue weighted by Crippen LogP contribution is -2.37. The minimum atomic E-state index is -3.75. The van der Waals surface area contributed by atoms with Gasteiger partial charge in [-0.3, -0.25) is 0 Å². The third kappa shape index (κ3) is 3.17. The van der Waals surface area contributed by atoms with E-state index in [9.17, 15) is 8.42 Å². The molecule has 8 heteroatoms. The van der Waals surface area contributed by atoms with E-state index in [-0.39, 0.29) is 16.7 Å². The monoisotopic (exact) mass is 342 g/mol. The first-order valence-electron chi connectivity index (χ1n) is 4.70. The number of aromatic nitrogens is 1. The third-order valence-electron chi connectivity index (χ3n) is 2.32. The highest BCUT2D eigenvalue weighted by molar-refractivity contribution is 9.10. The van der Waals surface area contributed by atoms with E-state index in [4.69, 9.17) is 16.7 Å². The van der Waals surface area contributed by atoms with Crippen LogP contribution in [-0.2, 0) is 10.0 Å². The van der Waals surface area contributed by atoms with Crippen LogP contribution in [-0.4, -0.2) is 42.5 Å². The van der Waals surface area contributed by atoms with Crippen LogP contribution in [0.15, 0.2) is 21.6 Å². The van der Waals surface area contributed by atoms with Crippen molar-refractivity contribution in [2.24, 2.45) is 0 Å². The topological polar surface area (TPSA) is 70.5 Å². The Morgan fingerprint density at radius 2 is 2.24 bits per heavy atom. The number of rotatable bonds is 4. The molecule has 0 saturated heterocycles. The molecular formula is C9H12BrClN2O3S. The Balaban J connectivity index is 3.26. The number of sulfonamides is 1. The zero-order chi connectivity index (χ0) is 13.2. The van der Waals surface area contributed by atoms with Crippen molar-refractivity contribution in [3.05, 3.63) is 21.9 Å². The molecule has 5 nitrogen and oxygen atoms in total. The number of aliphatic hydroxyl groups is 1. The van der Waals surface area contributed by atoms with E-state index in [1.165, 1.54) is 19.3 Å². The second-order valence-electron chi connectivity index (χ2n) is 3.50. The molecule has 0 aliphatic heterocycles. The fourth-order valence-electron chi connectivity index (χ4n) is 1.09. The van der Waals surface area contributed by atoms with Gasteiger partial charge in [0.25, 0.3) is 0 Å². The summed E-state index contributed by atoms with van der Waals surface area (Å²) in [5.74, 6) is 0. The van der Waals surface area contributed by atoms with E-state index in [1.54, 1.807) is 6.92 Å². The molecule has 0 radical (unpaired) electrons. The summed E-state index contributed by atoms with van der Waals surface area (Å²) in [6.07, 6.45) is 1.41. The van der Waals surface area contributed by atoms with Crippen LogP contribution in [0, 0.1) is 0 Å². The maximum Gasteiger partial charge on any atom is 0.246 e. The normalized spacial score (nSPS) is 14.0. The molecule has 1 aromatic rings. The van der Waals surface area contributed by atoms with Gasteiger partial charge in [-0.05, 0) is 28.9 Å². The van der Waals surface area contributed by atoms with E-state index < -0.39 is 16.1 Å². The van der Waals surface area contributed by atoms with Gasteiger partial charge in [-0.15, -0.1) is 0 Å². The third-order valence-corrected chi connectivity index (χ3v) is 5.15. The van der Waals surface area contributed by atoms with Crippen molar-refractivity contribution in [2.75, 3.05) is 13.7 Å². The van der Waals surface area contributed by atoms with E-state index >= 15 is 0 Å². The molecule has 0 aromatic carbocycles. The Kier molecular flexibility index (Phi) is 4.91. The first-order valence-corrected chi connectivity index (χ1v) is 7.31. The van der Waals surface area contributed by atoms with Crippen LogP contribution in [0.1, 0.15) is 6.92 Å². The van der Waals surface area contributed by atoms with Gasteiger partial charge in [-0.25, -0.2) is 13.4 Å². The standard InChI is InChI=1S/C9H12BrClN2O3S/c1-6(5-14)13(2)17(15,16)8-3-7(10)4-12-9(8)11/h3-4,6,14H,5H2,1-2H3. The van der Waals surface area contributed by atoms with Crippen molar-refractivity contribution >= 4 is 37.6 Å². The molecule has 0 amide bonds. The molecule has 1 unspecified atom stereocenters. The number of hydrogen-bond donors (Lipinski definition) is 1. The molecule has 96 valence electrons. The molecule has 1 rings (SSSR count). The Morgan fingerprint density at radius 1 is 1.65 bits per heavy atom. The molecule has 1 N–H and O–H groups in total. The molecule has 1 heterocycles. The molecule has 0 aliphatic rings. The van der Waals surface area contributed by atoms with Crippen molar-refractivity contribution in [1.82, 2.24) is 9.29 Å². The van der Waals surface area contributed by atoms with Gasteiger partial charge in [0.05, 0.1) is 6.61 Å². The summed E-state index contributed by atoms with van der Waals surface area (Å²) in [4.78, 5) is 3.68. The highest BCUT2D eigenvalue weighted by atomic mass is 79.9. The molecule has 0 bridgehead atoms. The fourth-order valence-corrected chi connectivity index (χ4v) is 3.36. The van der Waals surface area contributed by atoms with Crippen LogP contribution in [0.2, 0.25) is 5.15 Å². The van der Waals surface area contributed by atoms with Crippen molar-refractivity contribution in [3.8, 4) is 0 Å². The van der Waals surface area contributed by atoms with Crippen LogP contribution in [0.4, 0.5) is 0 Å². The molecule has 1 atom stereocenters. The van der Waals surface area contributed by atoms with Crippen molar-refractivity contribution < 1.29 is 13.5 Å². The minimum Gasteiger partial charge on any atom is -0.395 e. The molecule has 0 spiro atoms. The van der Waals surface area contributed by atoms with Crippen LogP contribution in [0.25, 0.3) is 0 Å². The summed E-state index contributed by atoms with van der Waals surface area (Å²) in [5, 5.41) is 8.88. The lowest BCUT2D eigenvalue weighted by Gasteiger charge is -2.22. The van der Waals surface area contributed by atoms with E-state index in [0.29, 0.717) is 4.47 Å². The first kappa shape index (κ1) is 14.8. The Labute approximate surface area is 114 Å². The predicted molar refractivity (Wildman–Crippen MR) is 68.4 cm³/mol. The summed E-state index contributed by atoms with van der Waals surface area (Å²) in [7, 11) is -2.37. The zero-order valence-corrected chi connectivity index (χ0v) is 12.4. The summed E-state index contributed by atoms with van der Waals surface area (Å²) >= 11 is 8.91. The lowest BCUT2D eigenvalue weighted by atomic mass is 10.4. The molecular weight excluding hydrogens is 332 g/mol. The van der Waals surface area contributed by atoms with Crippen molar-refractivity contribution in [2.45, 2.75) is 17.9 Å². The second-order valence-corrected chi connectivity index (χ2v) is 6.73. The number of hydrogen-bond acceptors (Lipinski definition) is 4. The second kappa shape index (κ2) is 5.62. The Hall–Kier alpha value is -0.210. The first-order chi connectivity index (χ1) is 7.80. The van der Waals surface area contributed by atoms with Crippen molar-refractivity contribution in [1.29, 1.82) is 0 Å². The molecule has 0 aliphatic carbocycles. The number of likely N-dealkylation sites (N-methyl/N-ethyl adjacent to an activating group) is 1. The Bertz CT molecular complexity index is 509. The molecule has 0 fully saturated rings. The number of aliphatic hydroxyl groups excluding tert-OH is 1. The van der Waals surface area contributed by atoms with Gasteiger partial charge in [0, 0.05) is 23.8 Å². The van der Waals surface area contributed by atoms with Crippen LogP contribution in [0.3, 0.4) is 0 Å². The zero-order valence-electron chi connectivity index (χ0n) is 9.26. The van der Waals surface area contributed by atoms with Gasteiger partial charge in [0.15, 0.2) is 0 Å². The van der Waals surface area contributed by atoms with Gasteiger partial charge in [-0.1, -0.05) is 11.6 Å². The van der Waals surface area contributed by atoms with Gasteiger partial charge in [0.1, 0.15) is 10.0 Å². The molecule has 0 saturated carbocycles. The average Bonchev–Trinajstić information content (AvgIpc) is 2.30. The SMILES string of the molecule is CC(CO)N(C)S(=O)(=O)c1cc(Br)cnc1Cl. The predicted octanol–water partition coefficient (Wildman–Crippen LogP) is 1.50. The van der Waals surface area contributed by atoms with Crippen LogP contribution in [0.5, 0.6) is 0 Å². The molecule has 17 heavy (non-hydrogen) atoms. The quantitative estimate of drug-likeness (QED) is 0.841. The summed E-state index contributed by atoms with van der Waals surface area (Å²) in [6, 6.07) is 0.848. The largest absolute Gasteiger partial charge is 0.395 e. The average molecular weight is 344 g/mol. The van der Waals surface area contributed by atoms with Gasteiger partial charge in [-0.2, -0.15) is 4.31 Å². The van der Waals surface area contributed by atoms with Crippen LogP contribution >= 0.6 is 27.5 Å². The van der Waals surface area contributed by atoms with Gasteiger partial charge >= 0.3 is 0 Å². The Morgan fingerprint density at radius 3 is 2.76 bits per heavy atom. The number of nitrogens with zero attached hydrogens (tertiary/aromatic N) is 2. The van der Waals surface area contributed by atoms with Crippen molar-refractivity contribution in [3.63, 3.8) is 0 Å². The molecule has 1 aromatic heterocycles. The maximum atomic E-state index is 12.2. The lowest BCUT2D eigenvalue weighted by molar-refractivity contribution is 0.214. The minimum absolute atomic E-state index is 0.0867. The van der Waals surface area contributed by atoms with E-state index in [1.807, 2.05) is 0 Å². The summed E-state index contributed by atoms with van der Waals surface area (Å²) in [5.41, 5.74) is 0. The van der Waals surface area contributed by atoms with E-state index in [2.05, 4.69) is 20.9 Å². The maximum absolute atomic E-state index is 12.2. The van der Waals surface area contributed by atoms with E-state index in [0.717, 1.165) is 4.31 Å². The smallest absolute Gasteiger partial charge is 0.246 e. The summed E-state index contributed by atoms with van der Waals surface area (Å²) in [6.45, 7) is 1.33. The number of halogens is 2. The van der Waals surface area contributed by atoms with Gasteiger partial charge < -0.3 is 5.11 Å². The highest BCUT2D eigenvalue weighted by Crippen LogP contribution is 2.25. The fraction of sp³-hybridized carbons (Fsp3) is 0.444. The highest BCUT2D eigenvalue weighted by Gasteiger charge is 2.27. The number of pyridine rings is 1. The van der Waals surface area contributed by atoms with Gasteiger partial charge in [0.2, 0.25) is 10.0 Å². The summed E-state index contributed by atoms with van der Waals surface area (Å²) < 4.78 is 25.9.